The number of carbonyl (C=O) groups excluding carboxylic acids is 1. The summed E-state index contributed by atoms with van der Waals surface area (Å²) in [6, 6.07) is 5.83. The van der Waals surface area contributed by atoms with E-state index in [9.17, 15) is 14.9 Å². The van der Waals surface area contributed by atoms with Crippen molar-refractivity contribution in [3.63, 3.8) is 0 Å². The van der Waals surface area contributed by atoms with E-state index in [-0.39, 0.29) is 10.8 Å². The fourth-order valence-corrected chi connectivity index (χ4v) is 3.33. The van der Waals surface area contributed by atoms with Crippen LogP contribution in [-0.4, -0.2) is 35.4 Å². The van der Waals surface area contributed by atoms with Gasteiger partial charge in [-0.05, 0) is 30.5 Å². The van der Waals surface area contributed by atoms with Gasteiger partial charge in [0.1, 0.15) is 17.7 Å². The highest BCUT2D eigenvalue weighted by atomic mass is 16.6. The van der Waals surface area contributed by atoms with Gasteiger partial charge in [-0.25, -0.2) is 0 Å². The SMILES string of the molecule is CCCCN1C(=O)[C@@H](CC)[C@H]([N+](=O)[O-])[C@H]1c1ccc(OC)cc1. The van der Waals surface area contributed by atoms with E-state index in [1.54, 1.807) is 24.1 Å². The monoisotopic (exact) mass is 320 g/mol. The maximum Gasteiger partial charge on any atom is 0.248 e. The zero-order valence-electron chi connectivity index (χ0n) is 13.9. The van der Waals surface area contributed by atoms with Crippen LogP contribution in [0.15, 0.2) is 24.3 Å². The van der Waals surface area contributed by atoms with Crippen LogP contribution >= 0.6 is 0 Å². The molecule has 2 rings (SSSR count). The van der Waals surface area contributed by atoms with Gasteiger partial charge in [-0.3, -0.25) is 14.9 Å². The first-order valence-corrected chi connectivity index (χ1v) is 8.13. The Bertz CT molecular complexity index is 558. The van der Waals surface area contributed by atoms with Crippen LogP contribution in [0.5, 0.6) is 5.75 Å². The molecule has 1 aromatic rings. The zero-order valence-corrected chi connectivity index (χ0v) is 13.9. The highest BCUT2D eigenvalue weighted by molar-refractivity contribution is 5.82. The summed E-state index contributed by atoms with van der Waals surface area (Å²) in [4.78, 5) is 25.7. The summed E-state index contributed by atoms with van der Waals surface area (Å²) in [6.07, 6.45) is 2.28. The summed E-state index contributed by atoms with van der Waals surface area (Å²) in [5, 5.41) is 11.6. The molecule has 0 bridgehead atoms. The molecule has 0 unspecified atom stereocenters. The Hall–Kier alpha value is -2.11. The Kier molecular flexibility index (Phi) is 5.58. The van der Waals surface area contributed by atoms with Crippen molar-refractivity contribution in [1.82, 2.24) is 4.90 Å². The van der Waals surface area contributed by atoms with Gasteiger partial charge in [-0.15, -0.1) is 0 Å². The summed E-state index contributed by atoms with van der Waals surface area (Å²) in [5.74, 6) is 0.0558. The molecule has 1 fully saturated rings. The molecule has 0 aliphatic carbocycles. The van der Waals surface area contributed by atoms with E-state index in [0.29, 0.717) is 18.7 Å². The molecule has 0 N–H and O–H groups in total. The van der Waals surface area contributed by atoms with Gasteiger partial charge < -0.3 is 9.64 Å². The average molecular weight is 320 g/mol. The Balaban J connectivity index is 2.41. The highest BCUT2D eigenvalue weighted by Gasteiger charge is 2.54. The molecular weight excluding hydrogens is 296 g/mol. The van der Waals surface area contributed by atoms with E-state index < -0.39 is 18.0 Å². The predicted octanol–water partition coefficient (Wildman–Crippen LogP) is 3.05. The Morgan fingerprint density at radius 1 is 1.26 bits per heavy atom. The first-order chi connectivity index (χ1) is 11.0. The van der Waals surface area contributed by atoms with Crippen molar-refractivity contribution in [2.75, 3.05) is 13.7 Å². The molecular formula is C17H24N2O4. The van der Waals surface area contributed by atoms with E-state index >= 15 is 0 Å². The fraction of sp³-hybridized carbons (Fsp3) is 0.588. The standard InChI is InChI=1S/C17H24N2O4/c1-4-6-11-18-15(12-7-9-13(23-3)10-8-12)16(19(21)22)14(5-2)17(18)20/h7-10,14-16H,4-6,11H2,1-3H3/t14-,15+,16-/m0/s1. The predicted molar refractivity (Wildman–Crippen MR) is 86.9 cm³/mol. The summed E-state index contributed by atoms with van der Waals surface area (Å²) in [7, 11) is 1.58. The average Bonchev–Trinajstić information content (AvgIpc) is 2.85. The molecule has 1 aliphatic rings. The van der Waals surface area contributed by atoms with E-state index in [0.717, 1.165) is 18.4 Å². The minimum absolute atomic E-state index is 0.0940. The number of likely N-dealkylation sites (tertiary alicyclic amines) is 1. The second kappa shape index (κ2) is 7.44. The number of methoxy groups -OCH3 is 1. The first-order valence-electron chi connectivity index (χ1n) is 8.13. The maximum atomic E-state index is 12.7. The number of carbonyl (C=O) groups is 1. The Labute approximate surface area is 136 Å². The van der Waals surface area contributed by atoms with Gasteiger partial charge >= 0.3 is 0 Å². The van der Waals surface area contributed by atoms with Gasteiger partial charge in [-0.1, -0.05) is 32.4 Å². The van der Waals surface area contributed by atoms with Crippen LogP contribution in [0.3, 0.4) is 0 Å². The van der Waals surface area contributed by atoms with Crippen molar-refractivity contribution < 1.29 is 14.5 Å². The topological polar surface area (TPSA) is 72.7 Å². The lowest BCUT2D eigenvalue weighted by atomic mass is 9.92. The number of amides is 1. The number of benzene rings is 1. The van der Waals surface area contributed by atoms with Crippen molar-refractivity contribution in [2.45, 2.75) is 45.2 Å². The lowest BCUT2D eigenvalue weighted by Gasteiger charge is -2.25. The summed E-state index contributed by atoms with van der Waals surface area (Å²) in [5.41, 5.74) is 0.799. The fourth-order valence-electron chi connectivity index (χ4n) is 3.33. The molecule has 1 aromatic carbocycles. The quantitative estimate of drug-likeness (QED) is 0.572. The van der Waals surface area contributed by atoms with Gasteiger partial charge in [0.15, 0.2) is 0 Å². The third-order valence-electron chi connectivity index (χ3n) is 4.56. The number of hydrogen-bond acceptors (Lipinski definition) is 4. The normalized spacial score (nSPS) is 24.0. The van der Waals surface area contributed by atoms with Gasteiger partial charge in [0.2, 0.25) is 11.9 Å². The van der Waals surface area contributed by atoms with Gasteiger partial charge in [-0.2, -0.15) is 0 Å². The van der Waals surface area contributed by atoms with Crippen molar-refractivity contribution in [3.05, 3.63) is 39.9 Å². The van der Waals surface area contributed by atoms with Crippen LogP contribution in [0.1, 0.15) is 44.7 Å². The number of nitro groups is 1. The summed E-state index contributed by atoms with van der Waals surface area (Å²) in [6.45, 7) is 4.45. The lowest BCUT2D eigenvalue weighted by molar-refractivity contribution is -0.533. The van der Waals surface area contributed by atoms with E-state index in [4.69, 9.17) is 4.74 Å². The molecule has 3 atom stereocenters. The van der Waals surface area contributed by atoms with Gasteiger partial charge in [0.25, 0.3) is 0 Å². The van der Waals surface area contributed by atoms with E-state index in [1.807, 2.05) is 26.0 Å². The van der Waals surface area contributed by atoms with Crippen molar-refractivity contribution in [1.29, 1.82) is 0 Å². The van der Waals surface area contributed by atoms with Gasteiger partial charge in [0.05, 0.1) is 7.11 Å². The third kappa shape index (κ3) is 3.30. The molecule has 23 heavy (non-hydrogen) atoms. The number of hydrogen-bond donors (Lipinski definition) is 0. The summed E-state index contributed by atoms with van der Waals surface area (Å²) >= 11 is 0. The van der Waals surface area contributed by atoms with Crippen LogP contribution in [0.4, 0.5) is 0 Å². The Morgan fingerprint density at radius 2 is 1.91 bits per heavy atom. The molecule has 1 amide bonds. The second-order valence-corrected chi connectivity index (χ2v) is 5.89. The largest absolute Gasteiger partial charge is 0.497 e. The van der Waals surface area contributed by atoms with Gasteiger partial charge in [0, 0.05) is 11.5 Å². The molecule has 1 heterocycles. The van der Waals surface area contributed by atoms with Crippen LogP contribution in [-0.2, 0) is 4.79 Å². The molecule has 0 spiro atoms. The van der Waals surface area contributed by atoms with Crippen LogP contribution < -0.4 is 4.74 Å². The van der Waals surface area contributed by atoms with E-state index in [1.165, 1.54) is 0 Å². The van der Waals surface area contributed by atoms with Crippen molar-refractivity contribution in [3.8, 4) is 5.75 Å². The first kappa shape index (κ1) is 17.2. The molecule has 6 nitrogen and oxygen atoms in total. The molecule has 0 saturated carbocycles. The minimum Gasteiger partial charge on any atom is -0.497 e. The number of ether oxygens (including phenoxy) is 1. The third-order valence-corrected chi connectivity index (χ3v) is 4.56. The molecule has 0 aromatic heterocycles. The second-order valence-electron chi connectivity index (χ2n) is 5.89. The van der Waals surface area contributed by atoms with E-state index in [2.05, 4.69) is 0 Å². The molecule has 1 saturated heterocycles. The molecule has 6 heteroatoms. The number of rotatable bonds is 7. The number of nitrogens with zero attached hydrogens (tertiary/aromatic N) is 2. The molecule has 1 aliphatic heterocycles. The molecule has 0 radical (unpaired) electrons. The maximum absolute atomic E-state index is 12.7. The lowest BCUT2D eigenvalue weighted by Crippen LogP contribution is -2.33. The van der Waals surface area contributed by atoms with Crippen LogP contribution in [0.2, 0.25) is 0 Å². The summed E-state index contributed by atoms with van der Waals surface area (Å²) < 4.78 is 5.15. The number of unbranched alkanes of at least 4 members (excludes halogenated alkanes) is 1. The molecule has 126 valence electrons. The zero-order chi connectivity index (χ0) is 17.0. The van der Waals surface area contributed by atoms with Crippen molar-refractivity contribution >= 4 is 5.91 Å². The smallest absolute Gasteiger partial charge is 0.248 e. The highest BCUT2D eigenvalue weighted by Crippen LogP contribution is 2.40. The minimum atomic E-state index is -0.891. The van der Waals surface area contributed by atoms with Crippen LogP contribution in [0, 0.1) is 16.0 Å². The Morgan fingerprint density at radius 3 is 2.39 bits per heavy atom. The van der Waals surface area contributed by atoms with Crippen molar-refractivity contribution in [2.24, 2.45) is 5.92 Å². The van der Waals surface area contributed by atoms with Crippen LogP contribution in [0.25, 0.3) is 0 Å².